The minimum absolute atomic E-state index is 0.294. The number of rotatable bonds is 10. The molecule has 4 rings (SSSR count). The van der Waals surface area contributed by atoms with Crippen LogP contribution >= 0.6 is 11.3 Å². The number of esters is 1. The van der Waals surface area contributed by atoms with Crippen LogP contribution in [0.15, 0.2) is 53.4 Å². The van der Waals surface area contributed by atoms with Crippen molar-refractivity contribution in [1.29, 1.82) is 0 Å². The normalized spacial score (nSPS) is 13.1. The maximum Gasteiger partial charge on any atom is 0.333 e. The largest absolute Gasteiger partial charge is 0.491 e. The molecule has 7 heteroatoms. The van der Waals surface area contributed by atoms with E-state index in [2.05, 4.69) is 52.5 Å². The molecule has 1 aliphatic rings. The molecule has 35 heavy (non-hydrogen) atoms. The predicted molar refractivity (Wildman–Crippen MR) is 142 cm³/mol. The predicted octanol–water partition coefficient (Wildman–Crippen LogP) is 6.41. The third-order valence-electron chi connectivity index (χ3n) is 5.91. The highest BCUT2D eigenvalue weighted by atomic mass is 32.1. The first-order valence-electron chi connectivity index (χ1n) is 12.0. The van der Waals surface area contributed by atoms with Crippen LogP contribution in [0, 0.1) is 6.92 Å². The maximum absolute atomic E-state index is 12.4. The molecule has 0 saturated heterocycles. The molecule has 6 nitrogen and oxygen atoms in total. The number of fused-ring (bicyclic) bond motifs is 1. The number of methoxy groups -OCH3 is 1. The Balaban J connectivity index is 1.55. The number of anilines is 2. The van der Waals surface area contributed by atoms with Gasteiger partial charge in [-0.3, -0.25) is 0 Å². The smallest absolute Gasteiger partial charge is 0.333 e. The summed E-state index contributed by atoms with van der Waals surface area (Å²) in [4.78, 5) is 19.2. The lowest BCUT2D eigenvalue weighted by molar-refractivity contribution is -0.136. The number of ether oxygens (including phenoxy) is 3. The number of aryl methyl sites for hydroxylation is 1. The van der Waals surface area contributed by atoms with Gasteiger partial charge in [-0.05, 0) is 66.8 Å². The van der Waals surface area contributed by atoms with E-state index >= 15 is 0 Å². The van der Waals surface area contributed by atoms with Gasteiger partial charge in [0.15, 0.2) is 0 Å². The van der Waals surface area contributed by atoms with Crippen LogP contribution in [0.3, 0.4) is 0 Å². The summed E-state index contributed by atoms with van der Waals surface area (Å²) < 4.78 is 16.4. The van der Waals surface area contributed by atoms with Crippen molar-refractivity contribution in [3.63, 3.8) is 0 Å². The van der Waals surface area contributed by atoms with Crippen molar-refractivity contribution in [3.8, 4) is 16.9 Å². The van der Waals surface area contributed by atoms with Crippen molar-refractivity contribution in [2.45, 2.75) is 33.1 Å². The van der Waals surface area contributed by atoms with Gasteiger partial charge in [0.05, 0.1) is 18.7 Å². The summed E-state index contributed by atoms with van der Waals surface area (Å²) in [6.07, 6.45) is 4.74. The number of nitrogens with zero attached hydrogens (tertiary/aromatic N) is 2. The van der Waals surface area contributed by atoms with Gasteiger partial charge in [0.2, 0.25) is 0 Å². The molecule has 0 fully saturated rings. The highest BCUT2D eigenvalue weighted by molar-refractivity contribution is 7.09. The molecule has 1 aromatic heterocycles. The Labute approximate surface area is 211 Å². The first kappa shape index (κ1) is 24.9. The summed E-state index contributed by atoms with van der Waals surface area (Å²) >= 11 is 1.62. The first-order valence-corrected chi connectivity index (χ1v) is 12.9. The second-order valence-electron chi connectivity index (χ2n) is 8.40. The molecule has 0 aliphatic carbocycles. The molecule has 2 heterocycles. The average molecular weight is 493 g/mol. The third kappa shape index (κ3) is 6.29. The molecular formula is C28H32N2O4S. The fourth-order valence-corrected chi connectivity index (χ4v) is 4.63. The molecule has 0 atom stereocenters. The van der Waals surface area contributed by atoms with E-state index in [9.17, 15) is 4.79 Å². The monoisotopic (exact) mass is 492 g/mol. The summed E-state index contributed by atoms with van der Waals surface area (Å²) in [5.41, 5.74) is 4.80. The Hall–Kier alpha value is -3.16. The van der Waals surface area contributed by atoms with E-state index in [1.165, 1.54) is 7.11 Å². The number of thiazole rings is 1. The molecule has 0 bridgehead atoms. The number of hydrogen-bond acceptors (Lipinski definition) is 7. The molecule has 184 valence electrons. The van der Waals surface area contributed by atoms with Gasteiger partial charge in [0, 0.05) is 29.8 Å². The zero-order valence-corrected chi connectivity index (χ0v) is 21.4. The minimum atomic E-state index is -0.294. The first-order chi connectivity index (χ1) is 17.1. The van der Waals surface area contributed by atoms with E-state index in [-0.39, 0.29) is 5.97 Å². The Morgan fingerprint density at radius 2 is 1.89 bits per heavy atom. The minimum Gasteiger partial charge on any atom is -0.491 e. The number of carbonyl (C=O) groups excluding carboxylic acids is 1. The quantitative estimate of drug-likeness (QED) is 0.241. The van der Waals surface area contributed by atoms with Gasteiger partial charge in [-0.2, -0.15) is 0 Å². The van der Waals surface area contributed by atoms with Crippen molar-refractivity contribution in [2.24, 2.45) is 0 Å². The molecular weight excluding hydrogens is 460 g/mol. The topological polar surface area (TPSA) is 60.9 Å². The van der Waals surface area contributed by atoms with Crippen LogP contribution in [0.4, 0.5) is 11.5 Å². The lowest BCUT2D eigenvalue weighted by Crippen LogP contribution is -2.19. The van der Waals surface area contributed by atoms with Crippen LogP contribution in [0.1, 0.15) is 36.8 Å². The van der Waals surface area contributed by atoms with Crippen LogP contribution in [0.25, 0.3) is 17.2 Å². The van der Waals surface area contributed by atoms with E-state index in [4.69, 9.17) is 14.2 Å². The van der Waals surface area contributed by atoms with Gasteiger partial charge in [-0.1, -0.05) is 31.5 Å². The van der Waals surface area contributed by atoms with Gasteiger partial charge < -0.3 is 19.1 Å². The van der Waals surface area contributed by atoms with Crippen LogP contribution < -0.4 is 9.64 Å². The van der Waals surface area contributed by atoms with E-state index in [1.54, 1.807) is 11.3 Å². The van der Waals surface area contributed by atoms with Crippen molar-refractivity contribution in [1.82, 2.24) is 4.98 Å². The lowest BCUT2D eigenvalue weighted by atomic mass is 10.00. The van der Waals surface area contributed by atoms with Gasteiger partial charge in [-0.25, -0.2) is 9.78 Å². The summed E-state index contributed by atoms with van der Waals surface area (Å²) in [5.74, 6) is 1.43. The number of unbranched alkanes of at least 4 members (excludes halogenated alkanes) is 1. The molecule has 1 aliphatic heterocycles. The van der Waals surface area contributed by atoms with Crippen molar-refractivity contribution < 1.29 is 19.0 Å². The second kappa shape index (κ2) is 12.0. The van der Waals surface area contributed by atoms with Gasteiger partial charge in [-0.15, -0.1) is 11.3 Å². The van der Waals surface area contributed by atoms with Gasteiger partial charge >= 0.3 is 5.97 Å². The van der Waals surface area contributed by atoms with Crippen LogP contribution in [-0.4, -0.2) is 44.4 Å². The van der Waals surface area contributed by atoms with Gasteiger partial charge in [0.1, 0.15) is 18.2 Å². The van der Waals surface area contributed by atoms with Crippen LogP contribution in [-0.2, 0) is 14.3 Å². The Kier molecular flexibility index (Phi) is 8.55. The molecule has 0 N–H and O–H groups in total. The highest BCUT2D eigenvalue weighted by Gasteiger charge is 2.22. The second-order valence-corrected chi connectivity index (χ2v) is 9.46. The number of benzene rings is 2. The molecule has 0 radical (unpaired) electrons. The zero-order chi connectivity index (χ0) is 24.6. The Bertz CT molecular complexity index is 1170. The maximum atomic E-state index is 12.4. The average Bonchev–Trinajstić information content (AvgIpc) is 3.22. The Morgan fingerprint density at radius 3 is 2.60 bits per heavy atom. The summed E-state index contributed by atoms with van der Waals surface area (Å²) in [7, 11) is 1.42. The fourth-order valence-electron chi connectivity index (χ4n) is 4.02. The lowest BCUT2D eigenvalue weighted by Gasteiger charge is -2.23. The van der Waals surface area contributed by atoms with E-state index in [0.29, 0.717) is 31.8 Å². The number of carbonyl (C=O) groups is 1. The molecule has 2 aromatic carbocycles. The SMILES string of the molecule is CCCCOCCOc1ccc(-c2ccc3c(c2)C=C(C(=O)OC)CCN3c2csc(C)n2)cc1. The highest BCUT2D eigenvalue weighted by Crippen LogP contribution is 2.37. The number of hydrogen-bond donors (Lipinski definition) is 0. The summed E-state index contributed by atoms with van der Waals surface area (Å²) in [6.45, 7) is 6.72. The molecule has 0 amide bonds. The molecule has 3 aromatic rings. The Morgan fingerprint density at radius 1 is 1.09 bits per heavy atom. The molecule has 0 unspecified atom stereocenters. The fraction of sp³-hybridized carbons (Fsp3) is 0.357. The summed E-state index contributed by atoms with van der Waals surface area (Å²) in [5, 5.41) is 3.07. The zero-order valence-electron chi connectivity index (χ0n) is 20.6. The van der Waals surface area contributed by atoms with E-state index in [1.807, 2.05) is 25.1 Å². The third-order valence-corrected chi connectivity index (χ3v) is 6.67. The molecule has 0 spiro atoms. The van der Waals surface area contributed by atoms with Crippen LogP contribution in [0.5, 0.6) is 5.75 Å². The van der Waals surface area contributed by atoms with Crippen LogP contribution in [0.2, 0.25) is 0 Å². The van der Waals surface area contributed by atoms with E-state index in [0.717, 1.165) is 58.4 Å². The summed E-state index contributed by atoms with van der Waals surface area (Å²) in [6, 6.07) is 14.4. The van der Waals surface area contributed by atoms with Crippen molar-refractivity contribution in [3.05, 3.63) is 64.0 Å². The van der Waals surface area contributed by atoms with E-state index < -0.39 is 0 Å². The molecule has 0 saturated carbocycles. The van der Waals surface area contributed by atoms with Gasteiger partial charge in [0.25, 0.3) is 0 Å². The van der Waals surface area contributed by atoms with Crippen molar-refractivity contribution in [2.75, 3.05) is 38.4 Å². The standard InChI is InChI=1S/C28H32N2O4S/c1-4-5-14-33-15-16-34-25-9-6-21(7-10-25)22-8-11-26-24(17-22)18-23(28(31)32-3)12-13-30(26)27-19-35-20(2)29-27/h6-11,17-19H,4-5,12-16H2,1-3H3. The number of aromatic nitrogens is 1. The van der Waals surface area contributed by atoms with Crippen molar-refractivity contribution >= 4 is 34.9 Å².